The molecule has 0 aliphatic carbocycles. The van der Waals surface area contributed by atoms with Gasteiger partial charge in [0.2, 0.25) is 0 Å². The van der Waals surface area contributed by atoms with Crippen LogP contribution in [-0.2, 0) is 0 Å². The zero-order valence-electron chi connectivity index (χ0n) is 14.5. The molecule has 2 rings (SSSR count). The third-order valence-electron chi connectivity index (χ3n) is 4.16. The highest BCUT2D eigenvalue weighted by atomic mass is 127. The van der Waals surface area contributed by atoms with Crippen LogP contribution in [0, 0.1) is 5.92 Å². The van der Waals surface area contributed by atoms with E-state index in [-0.39, 0.29) is 29.9 Å². The zero-order valence-corrected chi connectivity index (χ0v) is 17.6. The number of nitrogens with one attached hydrogen (secondary N) is 2. The van der Waals surface area contributed by atoms with E-state index in [1.54, 1.807) is 18.4 Å². The van der Waals surface area contributed by atoms with E-state index in [0.29, 0.717) is 31.5 Å². The van der Waals surface area contributed by atoms with Crippen LogP contribution in [0.15, 0.2) is 22.5 Å². The normalized spacial score (nSPS) is 20.2. The van der Waals surface area contributed by atoms with Crippen LogP contribution in [0.2, 0.25) is 0 Å². The second-order valence-electron chi connectivity index (χ2n) is 6.26. The van der Waals surface area contributed by atoms with Gasteiger partial charge >= 0.3 is 6.18 Å². The molecule has 144 valence electrons. The number of nitrogens with zero attached hydrogens (tertiary/aromatic N) is 2. The van der Waals surface area contributed by atoms with Crippen LogP contribution in [0.3, 0.4) is 0 Å². The van der Waals surface area contributed by atoms with Crippen LogP contribution < -0.4 is 10.6 Å². The lowest BCUT2D eigenvalue weighted by Gasteiger charge is -2.19. The van der Waals surface area contributed by atoms with Gasteiger partial charge in [0.05, 0.1) is 6.54 Å². The standard InChI is InChI=1S/C16H25F3N4S.HI/c1-12(14-4-3-7-24-14)8-21-15(20-2)22-9-13-5-6-23(10-13)11-16(17,18)19;/h3-4,7,12-13H,5-6,8-11H2,1-2H3,(H2,20,21,22);1H. The summed E-state index contributed by atoms with van der Waals surface area (Å²) in [5.41, 5.74) is 0. The Labute approximate surface area is 168 Å². The molecule has 2 atom stereocenters. The van der Waals surface area contributed by atoms with Crippen molar-refractivity contribution in [3.8, 4) is 0 Å². The maximum Gasteiger partial charge on any atom is 0.401 e. The van der Waals surface area contributed by atoms with E-state index in [4.69, 9.17) is 0 Å². The first-order valence-electron chi connectivity index (χ1n) is 8.14. The molecule has 1 aliphatic rings. The fraction of sp³-hybridized carbons (Fsp3) is 0.688. The van der Waals surface area contributed by atoms with Crippen molar-refractivity contribution in [2.24, 2.45) is 10.9 Å². The van der Waals surface area contributed by atoms with Gasteiger partial charge in [-0.05, 0) is 30.3 Å². The van der Waals surface area contributed by atoms with E-state index in [1.165, 1.54) is 9.78 Å². The van der Waals surface area contributed by atoms with Crippen molar-refractivity contribution in [3.63, 3.8) is 0 Å². The maximum absolute atomic E-state index is 12.4. The third kappa shape index (κ3) is 8.12. The minimum Gasteiger partial charge on any atom is -0.356 e. The molecule has 0 saturated carbocycles. The number of guanidine groups is 1. The largest absolute Gasteiger partial charge is 0.401 e. The molecule has 2 heterocycles. The lowest BCUT2D eigenvalue weighted by Crippen LogP contribution is -2.41. The Morgan fingerprint density at radius 3 is 2.80 bits per heavy atom. The smallest absolute Gasteiger partial charge is 0.356 e. The van der Waals surface area contributed by atoms with Crippen molar-refractivity contribution in [2.45, 2.75) is 25.4 Å². The maximum atomic E-state index is 12.4. The molecule has 1 aliphatic heterocycles. The van der Waals surface area contributed by atoms with Crippen LogP contribution in [0.25, 0.3) is 0 Å². The Kier molecular flexibility index (Phi) is 9.50. The summed E-state index contributed by atoms with van der Waals surface area (Å²) < 4.78 is 37.2. The number of thiophene rings is 1. The fourth-order valence-corrected chi connectivity index (χ4v) is 3.65. The number of alkyl halides is 3. The predicted molar refractivity (Wildman–Crippen MR) is 108 cm³/mol. The van der Waals surface area contributed by atoms with E-state index in [2.05, 4.69) is 34.0 Å². The van der Waals surface area contributed by atoms with Crippen molar-refractivity contribution in [2.75, 3.05) is 39.8 Å². The first-order chi connectivity index (χ1) is 11.4. The average molecular weight is 490 g/mol. The second kappa shape index (κ2) is 10.6. The van der Waals surface area contributed by atoms with Crippen LogP contribution in [0.5, 0.6) is 0 Å². The number of hydrogen-bond donors (Lipinski definition) is 2. The van der Waals surface area contributed by atoms with Crippen molar-refractivity contribution >= 4 is 41.3 Å². The Hall–Kier alpha value is -0.550. The van der Waals surface area contributed by atoms with Gasteiger partial charge in [-0.1, -0.05) is 13.0 Å². The number of likely N-dealkylation sites (tertiary alicyclic amines) is 1. The summed E-state index contributed by atoms with van der Waals surface area (Å²) in [5.74, 6) is 1.31. The molecule has 4 nitrogen and oxygen atoms in total. The molecule has 2 N–H and O–H groups in total. The molecule has 25 heavy (non-hydrogen) atoms. The number of halogens is 4. The summed E-state index contributed by atoms with van der Waals surface area (Å²) in [4.78, 5) is 6.97. The van der Waals surface area contributed by atoms with Crippen molar-refractivity contribution in [1.29, 1.82) is 0 Å². The first-order valence-corrected chi connectivity index (χ1v) is 9.02. The van der Waals surface area contributed by atoms with Crippen LogP contribution in [0.4, 0.5) is 13.2 Å². The molecule has 2 unspecified atom stereocenters. The number of hydrogen-bond acceptors (Lipinski definition) is 3. The minimum atomic E-state index is -4.11. The quantitative estimate of drug-likeness (QED) is 0.364. The molecule has 0 aromatic carbocycles. The minimum absolute atomic E-state index is 0. The van der Waals surface area contributed by atoms with Gasteiger partial charge in [0.1, 0.15) is 0 Å². The van der Waals surface area contributed by atoms with Crippen LogP contribution >= 0.6 is 35.3 Å². The fourth-order valence-electron chi connectivity index (χ4n) is 2.86. The van der Waals surface area contributed by atoms with E-state index >= 15 is 0 Å². The summed E-state index contributed by atoms with van der Waals surface area (Å²) in [7, 11) is 1.70. The molecule has 0 amide bonds. The van der Waals surface area contributed by atoms with Gasteiger partial charge < -0.3 is 10.6 Å². The van der Waals surface area contributed by atoms with Crippen LogP contribution in [-0.4, -0.2) is 56.8 Å². The molecular weight excluding hydrogens is 464 g/mol. The Morgan fingerprint density at radius 2 is 2.20 bits per heavy atom. The summed E-state index contributed by atoms with van der Waals surface area (Å²) in [5, 5.41) is 8.57. The van der Waals surface area contributed by atoms with E-state index in [1.807, 2.05) is 6.07 Å². The molecule has 1 aromatic heterocycles. The van der Waals surface area contributed by atoms with Gasteiger partial charge in [0, 0.05) is 37.5 Å². The first kappa shape index (κ1) is 22.5. The van der Waals surface area contributed by atoms with Gasteiger partial charge in [-0.3, -0.25) is 9.89 Å². The molecule has 1 aromatic rings. The molecule has 0 radical (unpaired) electrons. The lowest BCUT2D eigenvalue weighted by atomic mass is 10.1. The lowest BCUT2D eigenvalue weighted by molar-refractivity contribution is -0.143. The van der Waals surface area contributed by atoms with E-state index < -0.39 is 12.7 Å². The molecule has 0 spiro atoms. The van der Waals surface area contributed by atoms with Gasteiger partial charge in [-0.2, -0.15) is 13.2 Å². The molecular formula is C16H26F3IN4S. The Morgan fingerprint density at radius 1 is 1.44 bits per heavy atom. The van der Waals surface area contributed by atoms with E-state index in [0.717, 1.165) is 13.0 Å². The van der Waals surface area contributed by atoms with E-state index in [9.17, 15) is 13.2 Å². The summed E-state index contributed by atoms with van der Waals surface area (Å²) in [6.07, 6.45) is -3.33. The highest BCUT2D eigenvalue weighted by molar-refractivity contribution is 14.0. The van der Waals surface area contributed by atoms with Gasteiger partial charge in [0.25, 0.3) is 0 Å². The van der Waals surface area contributed by atoms with Crippen molar-refractivity contribution < 1.29 is 13.2 Å². The Bertz CT molecular complexity index is 522. The number of aliphatic imine (C=N–C) groups is 1. The van der Waals surface area contributed by atoms with Gasteiger partial charge in [-0.25, -0.2) is 0 Å². The van der Waals surface area contributed by atoms with Crippen molar-refractivity contribution in [1.82, 2.24) is 15.5 Å². The van der Waals surface area contributed by atoms with Gasteiger partial charge in [-0.15, -0.1) is 35.3 Å². The molecule has 0 bridgehead atoms. The highest BCUT2D eigenvalue weighted by Crippen LogP contribution is 2.22. The summed E-state index contributed by atoms with van der Waals surface area (Å²) in [6.45, 7) is 3.74. The predicted octanol–water partition coefficient (Wildman–Crippen LogP) is 3.52. The summed E-state index contributed by atoms with van der Waals surface area (Å²) >= 11 is 1.73. The molecule has 1 fully saturated rings. The monoisotopic (exact) mass is 490 g/mol. The second-order valence-corrected chi connectivity index (χ2v) is 7.23. The summed E-state index contributed by atoms with van der Waals surface area (Å²) in [6, 6.07) is 4.15. The number of rotatable bonds is 6. The van der Waals surface area contributed by atoms with Gasteiger partial charge in [0.15, 0.2) is 5.96 Å². The zero-order chi connectivity index (χ0) is 17.6. The topological polar surface area (TPSA) is 39.7 Å². The molecule has 9 heteroatoms. The van der Waals surface area contributed by atoms with Crippen molar-refractivity contribution in [3.05, 3.63) is 22.4 Å². The Balaban J connectivity index is 0.00000312. The van der Waals surface area contributed by atoms with Crippen LogP contribution in [0.1, 0.15) is 24.1 Å². The SMILES string of the molecule is CN=C(NCC1CCN(CC(F)(F)F)C1)NCC(C)c1cccs1.I. The third-order valence-corrected chi connectivity index (χ3v) is 5.26. The average Bonchev–Trinajstić information content (AvgIpc) is 3.17. The molecule has 1 saturated heterocycles. The highest BCUT2D eigenvalue weighted by Gasteiger charge is 2.34.